The Labute approximate surface area is 237 Å². The molecule has 1 fully saturated rings. The van der Waals surface area contributed by atoms with Gasteiger partial charge in [-0.3, -0.25) is 0 Å². The van der Waals surface area contributed by atoms with Gasteiger partial charge in [0.2, 0.25) is 0 Å². The average Bonchev–Trinajstić information content (AvgIpc) is 2.93. The molecule has 0 aliphatic heterocycles. The van der Waals surface area contributed by atoms with Crippen LogP contribution in [0.5, 0.6) is 0 Å². The van der Waals surface area contributed by atoms with E-state index in [1.54, 1.807) is 0 Å². The van der Waals surface area contributed by atoms with E-state index in [1.807, 2.05) is 6.92 Å². The van der Waals surface area contributed by atoms with E-state index in [2.05, 4.69) is 0 Å². The molecule has 0 aromatic heterocycles. The highest BCUT2D eigenvalue weighted by atomic mass is 19.2. The minimum Gasteiger partial charge on any atom is -0.207 e. The Bertz CT molecular complexity index is 1440. The number of benzene rings is 3. The fourth-order valence-electron chi connectivity index (χ4n) is 6.89. The smallest absolute Gasteiger partial charge is 0.144 e. The van der Waals surface area contributed by atoms with Crippen LogP contribution in [-0.4, -0.2) is 0 Å². The molecule has 0 saturated heterocycles. The normalized spacial score (nSPS) is 20.5. The first kappa shape index (κ1) is 29.2. The predicted octanol–water partition coefficient (Wildman–Crippen LogP) is 9.52. The van der Waals surface area contributed by atoms with Gasteiger partial charge in [-0.15, -0.1) is 0 Å². The molecule has 216 valence electrons. The zero-order valence-corrected chi connectivity index (χ0v) is 23.1. The summed E-state index contributed by atoms with van der Waals surface area (Å²) in [5, 5.41) is 8.90. The number of rotatable bonds is 7. The predicted molar refractivity (Wildman–Crippen MR) is 146 cm³/mol. The average molecular weight is 570 g/mol. The first-order valence-corrected chi connectivity index (χ1v) is 14.6. The summed E-state index contributed by atoms with van der Waals surface area (Å²) in [5.74, 6) is -4.33. The summed E-state index contributed by atoms with van der Waals surface area (Å²) in [6.45, 7) is 1.95. The Morgan fingerprint density at radius 2 is 1.39 bits per heavy atom. The third-order valence-electron chi connectivity index (χ3n) is 9.08. The quantitative estimate of drug-likeness (QED) is 0.260. The van der Waals surface area contributed by atoms with Crippen molar-refractivity contribution < 1.29 is 26.3 Å². The molecule has 0 heterocycles. The van der Waals surface area contributed by atoms with Gasteiger partial charge in [0.15, 0.2) is 0 Å². The number of nitrogens with zero attached hydrogens (tertiary/aromatic N) is 1. The molecule has 0 spiro atoms. The molecule has 1 atom stereocenters. The molecular formula is C34H33F6N. The second kappa shape index (κ2) is 12.3. The topological polar surface area (TPSA) is 23.8 Å². The van der Waals surface area contributed by atoms with Crippen molar-refractivity contribution in [3.63, 3.8) is 0 Å². The van der Waals surface area contributed by atoms with Crippen molar-refractivity contribution in [1.29, 1.82) is 5.26 Å². The Morgan fingerprint density at radius 3 is 2.00 bits per heavy atom. The van der Waals surface area contributed by atoms with Gasteiger partial charge in [0.1, 0.15) is 46.5 Å². The minimum absolute atomic E-state index is 0.0740. The third-order valence-corrected chi connectivity index (χ3v) is 9.08. The van der Waals surface area contributed by atoms with Gasteiger partial charge in [0.05, 0.1) is 0 Å². The SMILES string of the molecule is CCCc1cc(F)c(CCC2CCc3c(cc(F)c(C4CCC(c5cc(F)c(C#N)c(F)c5)CC4)c3F)C2)c(F)c1. The molecule has 1 unspecified atom stereocenters. The van der Waals surface area contributed by atoms with E-state index in [9.17, 15) is 17.6 Å². The first-order valence-electron chi connectivity index (χ1n) is 14.6. The third kappa shape index (κ3) is 6.03. The van der Waals surface area contributed by atoms with Crippen LogP contribution in [-0.2, 0) is 25.7 Å². The lowest BCUT2D eigenvalue weighted by atomic mass is 9.74. The molecule has 3 aromatic carbocycles. The number of aryl methyl sites for hydroxylation is 1. The molecule has 7 heteroatoms. The molecule has 3 aromatic rings. The van der Waals surface area contributed by atoms with Crippen LogP contribution < -0.4 is 0 Å². The van der Waals surface area contributed by atoms with Crippen LogP contribution in [0.3, 0.4) is 0 Å². The van der Waals surface area contributed by atoms with Gasteiger partial charge in [-0.25, -0.2) is 26.3 Å². The highest BCUT2D eigenvalue weighted by Crippen LogP contribution is 2.44. The zero-order chi connectivity index (χ0) is 29.3. The molecule has 1 saturated carbocycles. The Hall–Kier alpha value is -3.27. The summed E-state index contributed by atoms with van der Waals surface area (Å²) in [6, 6.07) is 8.13. The van der Waals surface area contributed by atoms with Crippen LogP contribution >= 0.6 is 0 Å². The van der Waals surface area contributed by atoms with E-state index in [0.29, 0.717) is 80.0 Å². The Balaban J connectivity index is 1.25. The van der Waals surface area contributed by atoms with E-state index in [0.717, 1.165) is 6.42 Å². The molecule has 0 radical (unpaired) electrons. The van der Waals surface area contributed by atoms with E-state index >= 15 is 8.78 Å². The van der Waals surface area contributed by atoms with Crippen molar-refractivity contribution in [2.24, 2.45) is 5.92 Å². The van der Waals surface area contributed by atoms with Gasteiger partial charge in [-0.05, 0) is 135 Å². The van der Waals surface area contributed by atoms with Crippen molar-refractivity contribution >= 4 is 0 Å². The standard InChI is InChI=1S/C34H33F6N/c1-2-3-20-13-28(35)26(29(36)14-20)11-5-19-4-10-25-24(12-19)17-32(39)33(34(25)40)22-8-6-21(7-9-22)23-15-30(37)27(18-41)31(38)16-23/h13-17,19,21-22H,2-12H2,1H3. The molecule has 1 nitrogen and oxygen atoms in total. The van der Waals surface area contributed by atoms with Crippen molar-refractivity contribution in [3.05, 3.63) is 104 Å². The van der Waals surface area contributed by atoms with Crippen LogP contribution in [0.2, 0.25) is 0 Å². The number of nitriles is 1. The van der Waals surface area contributed by atoms with E-state index < -0.39 is 40.5 Å². The van der Waals surface area contributed by atoms with Gasteiger partial charge in [0.25, 0.3) is 0 Å². The molecule has 2 aliphatic carbocycles. The van der Waals surface area contributed by atoms with Crippen molar-refractivity contribution in [1.82, 2.24) is 0 Å². The van der Waals surface area contributed by atoms with Crippen LogP contribution in [0.25, 0.3) is 0 Å². The van der Waals surface area contributed by atoms with Gasteiger partial charge in [-0.1, -0.05) is 13.3 Å². The molecule has 2 aliphatic rings. The maximum absolute atomic E-state index is 15.7. The van der Waals surface area contributed by atoms with E-state index in [1.165, 1.54) is 36.4 Å². The minimum atomic E-state index is -0.894. The Morgan fingerprint density at radius 1 is 0.756 bits per heavy atom. The number of hydrogen-bond donors (Lipinski definition) is 0. The fraction of sp³-hybridized carbons (Fsp3) is 0.441. The molecule has 5 rings (SSSR count). The van der Waals surface area contributed by atoms with Crippen LogP contribution in [0.15, 0.2) is 30.3 Å². The van der Waals surface area contributed by atoms with Crippen LogP contribution in [0.4, 0.5) is 26.3 Å². The lowest BCUT2D eigenvalue weighted by Crippen LogP contribution is -2.21. The highest BCUT2D eigenvalue weighted by Gasteiger charge is 2.32. The summed E-state index contributed by atoms with van der Waals surface area (Å²) in [4.78, 5) is 0. The van der Waals surface area contributed by atoms with Gasteiger partial charge < -0.3 is 0 Å². The molecule has 41 heavy (non-hydrogen) atoms. The van der Waals surface area contributed by atoms with Gasteiger partial charge in [-0.2, -0.15) is 5.26 Å². The largest absolute Gasteiger partial charge is 0.207 e. The maximum Gasteiger partial charge on any atom is 0.144 e. The molecule has 0 bridgehead atoms. The summed E-state index contributed by atoms with van der Waals surface area (Å²) >= 11 is 0. The molecule has 0 amide bonds. The van der Waals surface area contributed by atoms with Crippen LogP contribution in [0, 0.1) is 52.2 Å². The number of halogens is 6. The molecule has 0 N–H and O–H groups in total. The van der Waals surface area contributed by atoms with E-state index in [-0.39, 0.29) is 35.3 Å². The number of fused-ring (bicyclic) bond motifs is 1. The monoisotopic (exact) mass is 569 g/mol. The maximum atomic E-state index is 15.7. The summed E-state index contributed by atoms with van der Waals surface area (Å²) in [5.41, 5.74) is 1.81. The van der Waals surface area contributed by atoms with E-state index in [4.69, 9.17) is 5.26 Å². The lowest BCUT2D eigenvalue weighted by Gasteiger charge is -2.32. The summed E-state index contributed by atoms with van der Waals surface area (Å²) in [7, 11) is 0. The zero-order valence-electron chi connectivity index (χ0n) is 23.1. The summed E-state index contributed by atoms with van der Waals surface area (Å²) in [6.07, 6.45) is 5.78. The van der Waals surface area contributed by atoms with Crippen molar-refractivity contribution in [2.45, 2.75) is 89.4 Å². The van der Waals surface area contributed by atoms with Crippen LogP contribution in [0.1, 0.15) is 103 Å². The first-order chi connectivity index (χ1) is 19.7. The second-order valence-corrected chi connectivity index (χ2v) is 11.7. The second-order valence-electron chi connectivity index (χ2n) is 11.7. The van der Waals surface area contributed by atoms with Crippen molar-refractivity contribution in [3.8, 4) is 6.07 Å². The van der Waals surface area contributed by atoms with Gasteiger partial charge in [0, 0.05) is 11.1 Å². The van der Waals surface area contributed by atoms with Gasteiger partial charge >= 0.3 is 0 Å². The highest BCUT2D eigenvalue weighted by molar-refractivity contribution is 5.40. The fourth-order valence-corrected chi connectivity index (χ4v) is 6.89. The lowest BCUT2D eigenvalue weighted by molar-refractivity contribution is 0.367. The summed E-state index contributed by atoms with van der Waals surface area (Å²) < 4.78 is 88.4. The molecular weight excluding hydrogens is 536 g/mol. The van der Waals surface area contributed by atoms with Crippen molar-refractivity contribution in [2.75, 3.05) is 0 Å². The number of hydrogen-bond acceptors (Lipinski definition) is 1. The Kier molecular flexibility index (Phi) is 8.77.